The van der Waals surface area contributed by atoms with Crippen molar-refractivity contribution in [1.29, 1.82) is 0 Å². The van der Waals surface area contributed by atoms with Crippen molar-refractivity contribution in [3.8, 4) is 11.6 Å². The van der Waals surface area contributed by atoms with Crippen LogP contribution in [0.2, 0.25) is 0 Å². The van der Waals surface area contributed by atoms with E-state index in [4.69, 9.17) is 9.84 Å². The second kappa shape index (κ2) is 6.02. The minimum atomic E-state index is -1.01. The van der Waals surface area contributed by atoms with Crippen LogP contribution in [0.1, 0.15) is 16.7 Å². The molecule has 0 aliphatic rings. The molecular formula is C16H15NO3. The molecule has 4 heteroatoms. The summed E-state index contributed by atoms with van der Waals surface area (Å²) in [6.45, 7) is 3.98. The van der Waals surface area contributed by atoms with Crippen LogP contribution in [0.3, 0.4) is 0 Å². The minimum Gasteiger partial charge on any atom is -0.478 e. The van der Waals surface area contributed by atoms with Gasteiger partial charge in [-0.3, -0.25) is 0 Å². The van der Waals surface area contributed by atoms with Crippen molar-refractivity contribution < 1.29 is 14.6 Å². The number of pyridine rings is 1. The predicted molar refractivity (Wildman–Crippen MR) is 76.9 cm³/mol. The monoisotopic (exact) mass is 269 g/mol. The van der Waals surface area contributed by atoms with E-state index in [1.165, 1.54) is 6.08 Å². The Kier molecular flexibility index (Phi) is 4.15. The van der Waals surface area contributed by atoms with E-state index >= 15 is 0 Å². The van der Waals surface area contributed by atoms with Crippen LogP contribution < -0.4 is 4.74 Å². The van der Waals surface area contributed by atoms with Crippen molar-refractivity contribution in [2.24, 2.45) is 0 Å². The fraction of sp³-hybridized carbons (Fsp3) is 0.125. The van der Waals surface area contributed by atoms with E-state index in [2.05, 4.69) is 4.98 Å². The van der Waals surface area contributed by atoms with Gasteiger partial charge < -0.3 is 9.84 Å². The van der Waals surface area contributed by atoms with Gasteiger partial charge in [-0.1, -0.05) is 12.1 Å². The van der Waals surface area contributed by atoms with Gasteiger partial charge in [0.2, 0.25) is 5.88 Å². The first-order chi connectivity index (χ1) is 9.58. The lowest BCUT2D eigenvalue weighted by Gasteiger charge is -2.11. The number of aromatic nitrogens is 1. The Morgan fingerprint density at radius 3 is 2.80 bits per heavy atom. The maximum Gasteiger partial charge on any atom is 0.328 e. The zero-order valence-corrected chi connectivity index (χ0v) is 11.3. The SMILES string of the molecule is Cc1cccc(Oc2ncccc2/C=C/C(=O)O)c1C. The Bertz CT molecular complexity index is 663. The molecule has 0 fully saturated rings. The number of aliphatic carboxylic acids is 1. The largest absolute Gasteiger partial charge is 0.478 e. The van der Waals surface area contributed by atoms with E-state index in [0.717, 1.165) is 17.2 Å². The molecule has 0 aliphatic carbocycles. The topological polar surface area (TPSA) is 59.4 Å². The Morgan fingerprint density at radius 1 is 1.25 bits per heavy atom. The van der Waals surface area contributed by atoms with Crippen molar-refractivity contribution in [3.05, 3.63) is 59.3 Å². The number of carboxylic acid groups (broad SMARTS) is 1. The van der Waals surface area contributed by atoms with Gasteiger partial charge in [0.15, 0.2) is 0 Å². The van der Waals surface area contributed by atoms with Crippen LogP contribution in [-0.4, -0.2) is 16.1 Å². The molecule has 2 aromatic rings. The molecule has 0 aliphatic heterocycles. The Labute approximate surface area is 117 Å². The maximum absolute atomic E-state index is 10.6. The first-order valence-electron chi connectivity index (χ1n) is 6.18. The highest BCUT2D eigenvalue weighted by molar-refractivity contribution is 5.85. The Hall–Kier alpha value is -2.62. The average molecular weight is 269 g/mol. The molecular weight excluding hydrogens is 254 g/mol. The minimum absolute atomic E-state index is 0.388. The maximum atomic E-state index is 10.6. The van der Waals surface area contributed by atoms with E-state index in [0.29, 0.717) is 17.2 Å². The van der Waals surface area contributed by atoms with Gasteiger partial charge in [-0.25, -0.2) is 9.78 Å². The van der Waals surface area contributed by atoms with Crippen LogP contribution in [0.5, 0.6) is 11.6 Å². The molecule has 20 heavy (non-hydrogen) atoms. The van der Waals surface area contributed by atoms with Crippen molar-refractivity contribution in [3.63, 3.8) is 0 Å². The molecule has 102 valence electrons. The van der Waals surface area contributed by atoms with Crippen LogP contribution >= 0.6 is 0 Å². The summed E-state index contributed by atoms with van der Waals surface area (Å²) in [7, 11) is 0. The molecule has 0 spiro atoms. The molecule has 0 bridgehead atoms. The number of nitrogens with zero attached hydrogens (tertiary/aromatic N) is 1. The molecule has 4 nitrogen and oxygen atoms in total. The molecule has 2 rings (SSSR count). The molecule has 0 radical (unpaired) electrons. The Balaban J connectivity index is 2.34. The smallest absolute Gasteiger partial charge is 0.328 e. The summed E-state index contributed by atoms with van der Waals surface area (Å²) in [4.78, 5) is 14.7. The second-order valence-corrected chi connectivity index (χ2v) is 4.37. The molecule has 0 atom stereocenters. The summed E-state index contributed by atoms with van der Waals surface area (Å²) in [5, 5.41) is 8.69. The van der Waals surface area contributed by atoms with E-state index < -0.39 is 5.97 Å². The molecule has 1 N–H and O–H groups in total. The van der Waals surface area contributed by atoms with Gasteiger partial charge in [0, 0.05) is 17.8 Å². The molecule has 0 amide bonds. The summed E-state index contributed by atoms with van der Waals surface area (Å²) >= 11 is 0. The fourth-order valence-electron chi connectivity index (χ4n) is 1.72. The summed E-state index contributed by atoms with van der Waals surface area (Å²) in [6, 6.07) is 9.27. The standard InChI is InChI=1S/C16H15NO3/c1-11-5-3-7-14(12(11)2)20-16-13(6-4-10-17-16)8-9-15(18)19/h3-10H,1-2H3,(H,18,19)/b9-8+. The highest BCUT2D eigenvalue weighted by Crippen LogP contribution is 2.28. The molecule has 0 saturated carbocycles. The number of rotatable bonds is 4. The zero-order chi connectivity index (χ0) is 14.5. The highest BCUT2D eigenvalue weighted by atomic mass is 16.5. The van der Waals surface area contributed by atoms with E-state index in [1.54, 1.807) is 18.3 Å². The average Bonchev–Trinajstić information content (AvgIpc) is 2.43. The number of aryl methyl sites for hydroxylation is 1. The molecule has 1 heterocycles. The lowest BCUT2D eigenvalue weighted by Crippen LogP contribution is -1.94. The second-order valence-electron chi connectivity index (χ2n) is 4.37. The van der Waals surface area contributed by atoms with Gasteiger partial charge >= 0.3 is 5.97 Å². The van der Waals surface area contributed by atoms with Crippen LogP contribution in [0, 0.1) is 13.8 Å². The molecule has 1 aromatic carbocycles. The summed E-state index contributed by atoms with van der Waals surface area (Å²) in [6.07, 6.45) is 4.14. The third-order valence-corrected chi connectivity index (χ3v) is 2.97. The number of hydrogen-bond acceptors (Lipinski definition) is 3. The lowest BCUT2D eigenvalue weighted by atomic mass is 10.1. The first-order valence-corrected chi connectivity index (χ1v) is 6.18. The van der Waals surface area contributed by atoms with Crippen LogP contribution in [0.15, 0.2) is 42.6 Å². The lowest BCUT2D eigenvalue weighted by molar-refractivity contribution is -0.131. The van der Waals surface area contributed by atoms with Gasteiger partial charge in [0.05, 0.1) is 0 Å². The zero-order valence-electron chi connectivity index (χ0n) is 11.3. The molecule has 0 saturated heterocycles. The van der Waals surface area contributed by atoms with Gasteiger partial charge in [0.25, 0.3) is 0 Å². The fourth-order valence-corrected chi connectivity index (χ4v) is 1.72. The number of carboxylic acids is 1. The normalized spacial score (nSPS) is 10.7. The number of hydrogen-bond donors (Lipinski definition) is 1. The van der Waals surface area contributed by atoms with E-state index in [-0.39, 0.29) is 0 Å². The van der Waals surface area contributed by atoms with Gasteiger partial charge in [-0.15, -0.1) is 0 Å². The van der Waals surface area contributed by atoms with Crippen LogP contribution in [0.4, 0.5) is 0 Å². The van der Waals surface area contributed by atoms with Gasteiger partial charge in [-0.05, 0) is 49.2 Å². The third-order valence-electron chi connectivity index (χ3n) is 2.97. The van der Waals surface area contributed by atoms with Crippen molar-refractivity contribution in [1.82, 2.24) is 4.98 Å². The van der Waals surface area contributed by atoms with E-state index in [1.807, 2.05) is 32.0 Å². The quantitative estimate of drug-likeness (QED) is 0.862. The van der Waals surface area contributed by atoms with Crippen LogP contribution in [-0.2, 0) is 4.79 Å². The van der Waals surface area contributed by atoms with Crippen molar-refractivity contribution in [2.75, 3.05) is 0 Å². The van der Waals surface area contributed by atoms with Gasteiger partial charge in [0.1, 0.15) is 5.75 Å². The highest BCUT2D eigenvalue weighted by Gasteiger charge is 2.07. The van der Waals surface area contributed by atoms with E-state index in [9.17, 15) is 4.79 Å². The summed E-state index contributed by atoms with van der Waals surface area (Å²) in [5.74, 6) is 0.0962. The number of carbonyl (C=O) groups is 1. The summed E-state index contributed by atoms with van der Waals surface area (Å²) in [5.41, 5.74) is 2.78. The summed E-state index contributed by atoms with van der Waals surface area (Å²) < 4.78 is 5.80. The van der Waals surface area contributed by atoms with Crippen molar-refractivity contribution >= 4 is 12.0 Å². The van der Waals surface area contributed by atoms with Gasteiger partial charge in [-0.2, -0.15) is 0 Å². The predicted octanol–water partition coefficient (Wildman–Crippen LogP) is 3.59. The Morgan fingerprint density at radius 2 is 2.05 bits per heavy atom. The molecule has 0 unspecified atom stereocenters. The van der Waals surface area contributed by atoms with Crippen LogP contribution in [0.25, 0.3) is 6.08 Å². The number of ether oxygens (including phenoxy) is 1. The number of benzene rings is 1. The van der Waals surface area contributed by atoms with Crippen molar-refractivity contribution in [2.45, 2.75) is 13.8 Å². The third kappa shape index (κ3) is 3.23. The first kappa shape index (κ1) is 13.8. The molecule has 1 aromatic heterocycles.